The molecule has 2 rings (SSSR count). The number of ether oxygens (including phenoxy) is 1. The van der Waals surface area contributed by atoms with Gasteiger partial charge >= 0.3 is 11.8 Å². The summed E-state index contributed by atoms with van der Waals surface area (Å²) in [6.45, 7) is 3.52. The van der Waals surface area contributed by atoms with Gasteiger partial charge in [-0.1, -0.05) is 37.6 Å². The van der Waals surface area contributed by atoms with Crippen molar-refractivity contribution in [3.63, 3.8) is 0 Å². The van der Waals surface area contributed by atoms with Crippen molar-refractivity contribution in [2.45, 2.75) is 32.3 Å². The third-order valence-electron chi connectivity index (χ3n) is 3.56. The maximum absolute atomic E-state index is 11.7. The largest absolute Gasteiger partial charge is 0.371 e. The number of rotatable bonds is 5. The van der Waals surface area contributed by atoms with Crippen molar-refractivity contribution in [3.05, 3.63) is 35.4 Å². The lowest BCUT2D eigenvalue weighted by atomic mass is 9.97. The molecule has 0 spiro atoms. The summed E-state index contributed by atoms with van der Waals surface area (Å²) in [5, 5.41) is 5.24. The molecule has 1 atom stereocenters. The van der Waals surface area contributed by atoms with Gasteiger partial charge in [0.1, 0.15) is 6.10 Å². The fourth-order valence-electron chi connectivity index (χ4n) is 2.37. The SMILES string of the molecule is CCCCNC(=O)C(=O)NC[C@H]1OCCc2ccccc21. The van der Waals surface area contributed by atoms with E-state index in [1.54, 1.807) is 0 Å². The third kappa shape index (κ3) is 4.29. The zero-order chi connectivity index (χ0) is 15.1. The maximum Gasteiger partial charge on any atom is 0.309 e. The molecule has 0 aliphatic carbocycles. The van der Waals surface area contributed by atoms with E-state index in [-0.39, 0.29) is 6.10 Å². The predicted molar refractivity (Wildman–Crippen MR) is 79.8 cm³/mol. The summed E-state index contributed by atoms with van der Waals surface area (Å²) < 4.78 is 5.69. The zero-order valence-electron chi connectivity index (χ0n) is 12.4. The second kappa shape index (κ2) is 7.78. The molecule has 0 bridgehead atoms. The lowest BCUT2D eigenvalue weighted by Crippen LogP contribution is -2.42. The van der Waals surface area contributed by atoms with Gasteiger partial charge in [0.15, 0.2) is 0 Å². The van der Waals surface area contributed by atoms with E-state index in [9.17, 15) is 9.59 Å². The van der Waals surface area contributed by atoms with Gasteiger partial charge in [0, 0.05) is 13.1 Å². The number of carbonyl (C=O) groups is 2. The quantitative estimate of drug-likeness (QED) is 0.635. The van der Waals surface area contributed by atoms with Crippen LogP contribution in [0.2, 0.25) is 0 Å². The Labute approximate surface area is 125 Å². The van der Waals surface area contributed by atoms with Gasteiger partial charge in [0.05, 0.1) is 6.61 Å². The molecule has 114 valence electrons. The Morgan fingerprint density at radius 3 is 2.81 bits per heavy atom. The number of fused-ring (bicyclic) bond motifs is 1. The minimum Gasteiger partial charge on any atom is -0.371 e. The monoisotopic (exact) mass is 290 g/mol. The molecular weight excluding hydrogens is 268 g/mol. The second-order valence-corrected chi connectivity index (χ2v) is 5.13. The molecule has 2 N–H and O–H groups in total. The highest BCUT2D eigenvalue weighted by molar-refractivity contribution is 6.35. The Bertz CT molecular complexity index is 502. The van der Waals surface area contributed by atoms with E-state index in [4.69, 9.17) is 4.74 Å². The average Bonchev–Trinajstić information content (AvgIpc) is 2.52. The minimum absolute atomic E-state index is 0.178. The summed E-state index contributed by atoms with van der Waals surface area (Å²) in [7, 11) is 0. The molecule has 1 heterocycles. The van der Waals surface area contributed by atoms with Crippen LogP contribution in [0.5, 0.6) is 0 Å². The molecule has 1 aliphatic rings. The van der Waals surface area contributed by atoms with Gasteiger partial charge in [-0.3, -0.25) is 9.59 Å². The Morgan fingerprint density at radius 2 is 2.00 bits per heavy atom. The lowest BCUT2D eigenvalue weighted by Gasteiger charge is -2.26. The fourth-order valence-corrected chi connectivity index (χ4v) is 2.37. The number of hydrogen-bond donors (Lipinski definition) is 2. The van der Waals surface area contributed by atoms with Gasteiger partial charge in [-0.25, -0.2) is 0 Å². The van der Waals surface area contributed by atoms with E-state index >= 15 is 0 Å². The first-order valence-corrected chi connectivity index (χ1v) is 7.47. The Kier molecular flexibility index (Phi) is 5.75. The minimum atomic E-state index is -0.599. The summed E-state index contributed by atoms with van der Waals surface area (Å²) in [5.41, 5.74) is 2.34. The Hall–Kier alpha value is -1.88. The van der Waals surface area contributed by atoms with Gasteiger partial charge in [0.25, 0.3) is 0 Å². The molecule has 5 nitrogen and oxygen atoms in total. The smallest absolute Gasteiger partial charge is 0.309 e. The zero-order valence-corrected chi connectivity index (χ0v) is 12.4. The van der Waals surface area contributed by atoms with Crippen LogP contribution < -0.4 is 10.6 Å². The van der Waals surface area contributed by atoms with E-state index in [2.05, 4.69) is 16.7 Å². The molecule has 0 radical (unpaired) electrons. The number of nitrogens with one attached hydrogen (secondary N) is 2. The Morgan fingerprint density at radius 1 is 1.24 bits per heavy atom. The number of unbranched alkanes of at least 4 members (excludes halogenated alkanes) is 1. The molecule has 0 saturated carbocycles. The fraction of sp³-hybridized carbons (Fsp3) is 0.500. The number of carbonyl (C=O) groups excluding carboxylic acids is 2. The van der Waals surface area contributed by atoms with Crippen molar-refractivity contribution < 1.29 is 14.3 Å². The summed E-state index contributed by atoms with van der Waals surface area (Å²) in [6.07, 6.45) is 2.56. The highest BCUT2D eigenvalue weighted by Gasteiger charge is 2.22. The molecule has 0 aromatic heterocycles. The number of amides is 2. The van der Waals surface area contributed by atoms with E-state index in [0.717, 1.165) is 24.8 Å². The maximum atomic E-state index is 11.7. The molecule has 21 heavy (non-hydrogen) atoms. The van der Waals surface area contributed by atoms with Crippen LogP contribution in [0.15, 0.2) is 24.3 Å². The highest BCUT2D eigenvalue weighted by Crippen LogP contribution is 2.26. The van der Waals surface area contributed by atoms with Crippen LogP contribution in [0.4, 0.5) is 0 Å². The van der Waals surface area contributed by atoms with Crippen LogP contribution in [0.3, 0.4) is 0 Å². The van der Waals surface area contributed by atoms with E-state index in [1.807, 2.05) is 25.1 Å². The average molecular weight is 290 g/mol. The van der Waals surface area contributed by atoms with Crippen molar-refractivity contribution in [1.82, 2.24) is 10.6 Å². The van der Waals surface area contributed by atoms with Crippen LogP contribution in [-0.4, -0.2) is 31.5 Å². The molecule has 0 saturated heterocycles. The van der Waals surface area contributed by atoms with E-state index < -0.39 is 11.8 Å². The first kappa shape index (κ1) is 15.5. The van der Waals surface area contributed by atoms with Gasteiger partial charge in [-0.05, 0) is 24.0 Å². The predicted octanol–water partition coefficient (Wildman–Crippen LogP) is 1.33. The molecule has 1 aromatic rings. The molecule has 1 aliphatic heterocycles. The molecule has 5 heteroatoms. The van der Waals surface area contributed by atoms with Gasteiger partial charge in [0.2, 0.25) is 0 Å². The normalized spacial score (nSPS) is 16.9. The Balaban J connectivity index is 1.83. The van der Waals surface area contributed by atoms with Gasteiger partial charge < -0.3 is 15.4 Å². The first-order valence-electron chi connectivity index (χ1n) is 7.47. The van der Waals surface area contributed by atoms with Crippen molar-refractivity contribution >= 4 is 11.8 Å². The second-order valence-electron chi connectivity index (χ2n) is 5.13. The van der Waals surface area contributed by atoms with E-state index in [0.29, 0.717) is 19.7 Å². The van der Waals surface area contributed by atoms with Crippen molar-refractivity contribution in [3.8, 4) is 0 Å². The van der Waals surface area contributed by atoms with Crippen LogP contribution in [-0.2, 0) is 20.7 Å². The molecule has 1 aromatic carbocycles. The molecular formula is C16H22N2O3. The van der Waals surface area contributed by atoms with Crippen LogP contribution >= 0.6 is 0 Å². The summed E-state index contributed by atoms with van der Waals surface area (Å²) >= 11 is 0. The van der Waals surface area contributed by atoms with Crippen LogP contribution in [0, 0.1) is 0 Å². The van der Waals surface area contributed by atoms with Crippen molar-refractivity contribution in [2.75, 3.05) is 19.7 Å². The third-order valence-corrected chi connectivity index (χ3v) is 3.56. The van der Waals surface area contributed by atoms with Crippen molar-refractivity contribution in [1.29, 1.82) is 0 Å². The summed E-state index contributed by atoms with van der Waals surface area (Å²) in [5.74, 6) is -1.18. The van der Waals surface area contributed by atoms with Gasteiger partial charge in [-0.15, -0.1) is 0 Å². The number of hydrogen-bond acceptors (Lipinski definition) is 3. The molecule has 0 fully saturated rings. The van der Waals surface area contributed by atoms with Crippen LogP contribution in [0.25, 0.3) is 0 Å². The number of benzene rings is 1. The topological polar surface area (TPSA) is 67.4 Å². The first-order chi connectivity index (χ1) is 10.2. The van der Waals surface area contributed by atoms with Crippen LogP contribution in [0.1, 0.15) is 37.0 Å². The summed E-state index contributed by atoms with van der Waals surface area (Å²) in [4.78, 5) is 23.3. The van der Waals surface area contributed by atoms with Crippen molar-refractivity contribution in [2.24, 2.45) is 0 Å². The summed E-state index contributed by atoms with van der Waals surface area (Å²) in [6, 6.07) is 8.04. The molecule has 2 amide bonds. The lowest BCUT2D eigenvalue weighted by molar-refractivity contribution is -0.139. The van der Waals surface area contributed by atoms with Gasteiger partial charge in [-0.2, -0.15) is 0 Å². The standard InChI is InChI=1S/C16H22N2O3/c1-2-3-9-17-15(19)16(20)18-11-14-13-7-5-4-6-12(13)8-10-21-14/h4-7,14H,2-3,8-11H2,1H3,(H,17,19)(H,18,20)/t14-/m1/s1. The molecule has 0 unspecified atom stereocenters. The highest BCUT2D eigenvalue weighted by atomic mass is 16.5. The van der Waals surface area contributed by atoms with E-state index in [1.165, 1.54) is 5.56 Å².